The molecule has 0 spiro atoms. The molecule has 0 atom stereocenters. The van der Waals surface area contributed by atoms with Crippen molar-refractivity contribution < 1.29 is 4.79 Å². The molecule has 1 aliphatic carbocycles. The van der Waals surface area contributed by atoms with Crippen molar-refractivity contribution in [3.8, 4) is 6.07 Å². The number of hydrogen-bond donors (Lipinski definition) is 2. The van der Waals surface area contributed by atoms with E-state index in [0.717, 1.165) is 12.0 Å². The number of benzene rings is 1. The van der Waals surface area contributed by atoms with Crippen molar-refractivity contribution in [3.05, 3.63) is 29.3 Å². The van der Waals surface area contributed by atoms with Gasteiger partial charge in [0.2, 0.25) is 5.91 Å². The summed E-state index contributed by atoms with van der Waals surface area (Å²) in [5, 5.41) is 11.8. The molecule has 3 N–H and O–H groups in total. The molecular formula is C13H15N3O. The summed E-state index contributed by atoms with van der Waals surface area (Å²) in [5.74, 6) is -0.189. The lowest BCUT2D eigenvalue weighted by molar-refractivity contribution is -0.123. The van der Waals surface area contributed by atoms with Crippen molar-refractivity contribution >= 4 is 11.6 Å². The standard InChI is InChI=1S/C13H15N3O/c1-9-4-2-5-11(10(9)8-14)16-12(17)13(15)6-3-7-13/h2,4-5H,3,6-7,15H2,1H3,(H,16,17). The molecular weight excluding hydrogens is 214 g/mol. The van der Waals surface area contributed by atoms with Crippen molar-refractivity contribution in [2.45, 2.75) is 31.7 Å². The first-order valence-corrected chi connectivity index (χ1v) is 5.67. The molecule has 1 fully saturated rings. The lowest BCUT2D eigenvalue weighted by Crippen LogP contribution is -2.56. The van der Waals surface area contributed by atoms with E-state index in [4.69, 9.17) is 11.0 Å². The molecule has 0 heterocycles. The maximum absolute atomic E-state index is 12.0. The number of nitrogens with zero attached hydrogens (tertiary/aromatic N) is 1. The van der Waals surface area contributed by atoms with Gasteiger partial charge in [0, 0.05) is 0 Å². The Bertz CT molecular complexity index is 498. The van der Waals surface area contributed by atoms with Gasteiger partial charge in [-0.25, -0.2) is 0 Å². The Morgan fingerprint density at radius 1 is 1.53 bits per heavy atom. The zero-order chi connectivity index (χ0) is 12.5. The predicted octanol–water partition coefficient (Wildman–Crippen LogP) is 1.69. The largest absolute Gasteiger partial charge is 0.323 e. The van der Waals surface area contributed by atoms with E-state index in [0.29, 0.717) is 24.1 Å². The normalized spacial score (nSPS) is 16.8. The van der Waals surface area contributed by atoms with Crippen LogP contribution in [0.15, 0.2) is 18.2 Å². The van der Waals surface area contributed by atoms with Crippen LogP contribution in [0.4, 0.5) is 5.69 Å². The van der Waals surface area contributed by atoms with E-state index in [9.17, 15) is 4.79 Å². The van der Waals surface area contributed by atoms with Crippen LogP contribution in [0.25, 0.3) is 0 Å². The van der Waals surface area contributed by atoms with Crippen LogP contribution in [0.5, 0.6) is 0 Å². The van der Waals surface area contributed by atoms with Crippen LogP contribution < -0.4 is 11.1 Å². The highest BCUT2D eigenvalue weighted by atomic mass is 16.2. The number of nitriles is 1. The minimum Gasteiger partial charge on any atom is -0.323 e. The molecule has 1 aliphatic rings. The summed E-state index contributed by atoms with van der Waals surface area (Å²) >= 11 is 0. The number of nitrogens with two attached hydrogens (primary N) is 1. The van der Waals surface area contributed by atoms with E-state index in [-0.39, 0.29) is 5.91 Å². The zero-order valence-corrected chi connectivity index (χ0v) is 9.79. The summed E-state index contributed by atoms with van der Waals surface area (Å²) in [6, 6.07) is 7.49. The third-order valence-corrected chi connectivity index (χ3v) is 3.33. The quantitative estimate of drug-likeness (QED) is 0.809. The average Bonchev–Trinajstić information content (AvgIpc) is 2.26. The lowest BCUT2D eigenvalue weighted by Gasteiger charge is -2.36. The van der Waals surface area contributed by atoms with E-state index < -0.39 is 5.54 Å². The fourth-order valence-corrected chi connectivity index (χ4v) is 1.95. The van der Waals surface area contributed by atoms with Crippen molar-refractivity contribution in [3.63, 3.8) is 0 Å². The second-order valence-electron chi connectivity index (χ2n) is 4.57. The number of carbonyl (C=O) groups is 1. The fourth-order valence-electron chi connectivity index (χ4n) is 1.95. The third kappa shape index (κ3) is 2.02. The van der Waals surface area contributed by atoms with E-state index in [1.807, 2.05) is 19.1 Å². The number of hydrogen-bond acceptors (Lipinski definition) is 3. The van der Waals surface area contributed by atoms with Crippen molar-refractivity contribution in [1.82, 2.24) is 0 Å². The molecule has 4 heteroatoms. The minimum absolute atomic E-state index is 0.189. The minimum atomic E-state index is -0.740. The molecule has 1 saturated carbocycles. The molecule has 2 rings (SSSR count). The Kier molecular flexibility index (Phi) is 2.86. The molecule has 0 aliphatic heterocycles. The highest BCUT2D eigenvalue weighted by molar-refractivity contribution is 5.99. The molecule has 0 bridgehead atoms. The van der Waals surface area contributed by atoms with Crippen LogP contribution in [0.2, 0.25) is 0 Å². The summed E-state index contributed by atoms with van der Waals surface area (Å²) in [6.07, 6.45) is 2.42. The van der Waals surface area contributed by atoms with Crippen LogP contribution in [0.1, 0.15) is 30.4 Å². The number of nitrogens with one attached hydrogen (secondary N) is 1. The Labute approximate surface area is 100 Å². The number of carbonyl (C=O) groups excluding carboxylic acids is 1. The zero-order valence-electron chi connectivity index (χ0n) is 9.79. The first kappa shape index (κ1) is 11.6. The SMILES string of the molecule is Cc1cccc(NC(=O)C2(N)CCC2)c1C#N. The Morgan fingerprint density at radius 2 is 2.24 bits per heavy atom. The Morgan fingerprint density at radius 3 is 2.76 bits per heavy atom. The van der Waals surface area contributed by atoms with E-state index in [1.165, 1.54) is 0 Å². The number of anilines is 1. The fraction of sp³-hybridized carbons (Fsp3) is 0.385. The van der Waals surface area contributed by atoms with Gasteiger partial charge in [-0.05, 0) is 37.8 Å². The van der Waals surface area contributed by atoms with Gasteiger partial charge in [0.1, 0.15) is 6.07 Å². The van der Waals surface area contributed by atoms with E-state index >= 15 is 0 Å². The molecule has 0 unspecified atom stereocenters. The van der Waals surface area contributed by atoms with Gasteiger partial charge in [-0.15, -0.1) is 0 Å². The first-order chi connectivity index (χ1) is 8.07. The summed E-state index contributed by atoms with van der Waals surface area (Å²) < 4.78 is 0. The third-order valence-electron chi connectivity index (χ3n) is 3.33. The monoisotopic (exact) mass is 229 g/mol. The maximum atomic E-state index is 12.0. The summed E-state index contributed by atoms with van der Waals surface area (Å²) in [4.78, 5) is 12.0. The molecule has 1 amide bonds. The lowest BCUT2D eigenvalue weighted by atomic mass is 9.77. The van der Waals surface area contributed by atoms with Crippen LogP contribution in [-0.4, -0.2) is 11.4 Å². The van der Waals surface area contributed by atoms with Gasteiger partial charge < -0.3 is 11.1 Å². The van der Waals surface area contributed by atoms with Gasteiger partial charge in [0.05, 0.1) is 16.8 Å². The summed E-state index contributed by atoms with van der Waals surface area (Å²) in [6.45, 7) is 1.84. The van der Waals surface area contributed by atoms with Gasteiger partial charge in [-0.3, -0.25) is 4.79 Å². The number of aryl methyl sites for hydroxylation is 1. The number of rotatable bonds is 2. The smallest absolute Gasteiger partial charge is 0.244 e. The molecule has 0 radical (unpaired) electrons. The van der Waals surface area contributed by atoms with E-state index in [1.54, 1.807) is 6.07 Å². The summed E-state index contributed by atoms with van der Waals surface area (Å²) in [5.41, 5.74) is 7.09. The predicted molar refractivity (Wildman–Crippen MR) is 65.3 cm³/mol. The first-order valence-electron chi connectivity index (χ1n) is 5.67. The van der Waals surface area contributed by atoms with Crippen LogP contribution in [0, 0.1) is 18.3 Å². The topological polar surface area (TPSA) is 78.9 Å². The van der Waals surface area contributed by atoms with Crippen molar-refractivity contribution in [2.24, 2.45) is 5.73 Å². The molecule has 1 aromatic rings. The highest BCUT2D eigenvalue weighted by Crippen LogP contribution is 2.31. The van der Waals surface area contributed by atoms with Gasteiger partial charge in [0.25, 0.3) is 0 Å². The molecule has 0 saturated heterocycles. The van der Waals surface area contributed by atoms with Crippen LogP contribution in [-0.2, 0) is 4.79 Å². The maximum Gasteiger partial charge on any atom is 0.244 e. The average molecular weight is 229 g/mol. The summed E-state index contributed by atoms with van der Waals surface area (Å²) in [7, 11) is 0. The number of amides is 1. The second kappa shape index (κ2) is 4.19. The van der Waals surface area contributed by atoms with Gasteiger partial charge >= 0.3 is 0 Å². The van der Waals surface area contributed by atoms with Crippen LogP contribution in [0.3, 0.4) is 0 Å². The Balaban J connectivity index is 2.22. The Hall–Kier alpha value is -1.86. The molecule has 1 aromatic carbocycles. The molecule has 4 nitrogen and oxygen atoms in total. The van der Waals surface area contributed by atoms with Gasteiger partial charge in [0.15, 0.2) is 0 Å². The van der Waals surface area contributed by atoms with Crippen molar-refractivity contribution in [1.29, 1.82) is 5.26 Å². The van der Waals surface area contributed by atoms with Gasteiger partial charge in [-0.2, -0.15) is 5.26 Å². The highest BCUT2D eigenvalue weighted by Gasteiger charge is 2.40. The molecule has 0 aromatic heterocycles. The molecule has 17 heavy (non-hydrogen) atoms. The second-order valence-corrected chi connectivity index (χ2v) is 4.57. The van der Waals surface area contributed by atoms with Crippen molar-refractivity contribution in [2.75, 3.05) is 5.32 Å². The molecule has 88 valence electrons. The van der Waals surface area contributed by atoms with Crippen LogP contribution >= 0.6 is 0 Å². The van der Waals surface area contributed by atoms with E-state index in [2.05, 4.69) is 11.4 Å². The van der Waals surface area contributed by atoms with Gasteiger partial charge in [-0.1, -0.05) is 12.1 Å².